The Morgan fingerprint density at radius 3 is 2.39 bits per heavy atom. The minimum absolute atomic E-state index is 0.0621. The van der Waals surface area contributed by atoms with Crippen molar-refractivity contribution in [2.24, 2.45) is 0 Å². The third-order valence-corrected chi connectivity index (χ3v) is 5.63. The summed E-state index contributed by atoms with van der Waals surface area (Å²) in [6, 6.07) is 9.20. The predicted molar refractivity (Wildman–Crippen MR) is 101 cm³/mol. The maximum atomic E-state index is 11.3. The first-order valence-corrected chi connectivity index (χ1v) is 9.52. The Morgan fingerprint density at radius 2 is 1.75 bits per heavy atom. The molecule has 1 aliphatic heterocycles. The van der Waals surface area contributed by atoms with Crippen LogP contribution in [0.2, 0.25) is 0 Å². The molecule has 0 saturated heterocycles. The zero-order chi connectivity index (χ0) is 19.7. The van der Waals surface area contributed by atoms with Gasteiger partial charge in [0.1, 0.15) is 5.75 Å². The second-order valence-electron chi connectivity index (χ2n) is 7.31. The van der Waals surface area contributed by atoms with Gasteiger partial charge in [-0.05, 0) is 55.0 Å². The predicted octanol–water partition coefficient (Wildman–Crippen LogP) is 3.22. The van der Waals surface area contributed by atoms with Gasteiger partial charge in [-0.2, -0.15) is 0 Å². The fraction of sp³-hybridized carbons (Fsp3) is 0.381. The van der Waals surface area contributed by atoms with E-state index in [2.05, 4.69) is 16.0 Å². The SMILES string of the molecule is O=C(O)c1ccc(Oc2ccc3c(c2)CCN(C2CCC2)CC3)nc1C(=O)O. The van der Waals surface area contributed by atoms with Crippen LogP contribution in [0.3, 0.4) is 0 Å². The van der Waals surface area contributed by atoms with E-state index in [0.717, 1.165) is 32.0 Å². The first-order chi connectivity index (χ1) is 13.5. The average molecular weight is 382 g/mol. The van der Waals surface area contributed by atoms with E-state index in [4.69, 9.17) is 9.84 Å². The molecule has 2 aromatic rings. The van der Waals surface area contributed by atoms with Crippen LogP contribution < -0.4 is 4.74 Å². The summed E-state index contributed by atoms with van der Waals surface area (Å²) >= 11 is 0. The van der Waals surface area contributed by atoms with E-state index < -0.39 is 17.6 Å². The van der Waals surface area contributed by atoms with Crippen molar-refractivity contribution in [2.75, 3.05) is 13.1 Å². The number of benzene rings is 1. The number of rotatable bonds is 5. The van der Waals surface area contributed by atoms with Crippen molar-refractivity contribution in [2.45, 2.75) is 38.1 Å². The van der Waals surface area contributed by atoms with Crippen molar-refractivity contribution in [1.29, 1.82) is 0 Å². The van der Waals surface area contributed by atoms with Gasteiger partial charge in [-0.15, -0.1) is 0 Å². The number of carboxylic acids is 2. The Labute approximate surface area is 162 Å². The lowest BCUT2D eigenvalue weighted by Crippen LogP contribution is -2.41. The van der Waals surface area contributed by atoms with Gasteiger partial charge in [0.2, 0.25) is 5.88 Å². The van der Waals surface area contributed by atoms with E-state index in [1.54, 1.807) is 0 Å². The quantitative estimate of drug-likeness (QED) is 0.819. The van der Waals surface area contributed by atoms with E-state index >= 15 is 0 Å². The highest BCUT2D eigenvalue weighted by molar-refractivity contribution is 6.00. The Balaban J connectivity index is 1.52. The lowest BCUT2D eigenvalue weighted by molar-refractivity contribution is 0.0645. The van der Waals surface area contributed by atoms with Crippen LogP contribution in [0.1, 0.15) is 51.2 Å². The molecule has 7 nitrogen and oxygen atoms in total. The second kappa shape index (κ2) is 7.59. The van der Waals surface area contributed by atoms with Crippen LogP contribution in [0.5, 0.6) is 11.6 Å². The second-order valence-corrected chi connectivity index (χ2v) is 7.31. The maximum Gasteiger partial charge on any atom is 0.355 e. The van der Waals surface area contributed by atoms with Crippen molar-refractivity contribution in [1.82, 2.24) is 9.88 Å². The Morgan fingerprint density at radius 1 is 1.00 bits per heavy atom. The number of nitrogens with zero attached hydrogens (tertiary/aromatic N) is 2. The van der Waals surface area contributed by atoms with E-state index in [1.807, 2.05) is 12.1 Å². The van der Waals surface area contributed by atoms with Crippen LogP contribution >= 0.6 is 0 Å². The molecule has 1 aromatic heterocycles. The lowest BCUT2D eigenvalue weighted by Gasteiger charge is -2.36. The minimum atomic E-state index is -1.40. The maximum absolute atomic E-state index is 11.3. The van der Waals surface area contributed by atoms with E-state index in [0.29, 0.717) is 5.75 Å². The van der Waals surface area contributed by atoms with Gasteiger partial charge in [0.15, 0.2) is 5.69 Å². The Hall–Kier alpha value is -2.93. The largest absolute Gasteiger partial charge is 0.478 e. The molecular weight excluding hydrogens is 360 g/mol. The molecule has 0 radical (unpaired) electrons. The van der Waals surface area contributed by atoms with E-state index in [-0.39, 0.29) is 11.4 Å². The molecule has 0 bridgehead atoms. The summed E-state index contributed by atoms with van der Waals surface area (Å²) in [6.45, 7) is 2.12. The van der Waals surface area contributed by atoms with E-state index in [1.165, 1.54) is 42.5 Å². The molecule has 4 rings (SSSR count). The van der Waals surface area contributed by atoms with Gasteiger partial charge in [-0.3, -0.25) is 4.90 Å². The number of pyridine rings is 1. The van der Waals surface area contributed by atoms with Gasteiger partial charge in [0.05, 0.1) is 5.56 Å². The van der Waals surface area contributed by atoms with Crippen LogP contribution in [0.4, 0.5) is 0 Å². The smallest absolute Gasteiger partial charge is 0.355 e. The molecule has 0 unspecified atom stereocenters. The molecule has 1 saturated carbocycles. The van der Waals surface area contributed by atoms with Crippen LogP contribution in [-0.2, 0) is 12.8 Å². The molecule has 146 valence electrons. The fourth-order valence-corrected chi connectivity index (χ4v) is 3.85. The zero-order valence-corrected chi connectivity index (χ0v) is 15.4. The number of hydrogen-bond donors (Lipinski definition) is 2. The molecule has 2 heterocycles. The molecule has 7 heteroatoms. The van der Waals surface area contributed by atoms with Gasteiger partial charge >= 0.3 is 11.9 Å². The number of fused-ring (bicyclic) bond motifs is 1. The summed E-state index contributed by atoms with van der Waals surface area (Å²) in [5, 5.41) is 18.3. The summed E-state index contributed by atoms with van der Waals surface area (Å²) in [7, 11) is 0. The highest BCUT2D eigenvalue weighted by atomic mass is 16.5. The third-order valence-electron chi connectivity index (χ3n) is 5.63. The molecule has 2 N–H and O–H groups in total. The van der Waals surface area contributed by atoms with Gasteiger partial charge in [0.25, 0.3) is 0 Å². The van der Waals surface area contributed by atoms with Crippen LogP contribution in [0, 0.1) is 0 Å². The normalized spacial score (nSPS) is 17.3. The average Bonchev–Trinajstić information content (AvgIpc) is 2.82. The molecule has 1 fully saturated rings. The van der Waals surface area contributed by atoms with Crippen LogP contribution in [0.25, 0.3) is 0 Å². The van der Waals surface area contributed by atoms with Gasteiger partial charge in [-0.25, -0.2) is 14.6 Å². The number of hydrogen-bond acceptors (Lipinski definition) is 5. The summed E-state index contributed by atoms with van der Waals surface area (Å²) in [5.41, 5.74) is 1.66. The zero-order valence-electron chi connectivity index (χ0n) is 15.4. The molecule has 0 atom stereocenters. The number of carboxylic acid groups (broad SMARTS) is 2. The topological polar surface area (TPSA) is 100.0 Å². The summed E-state index contributed by atoms with van der Waals surface area (Å²) in [5.74, 6) is -2.10. The molecule has 0 spiro atoms. The van der Waals surface area contributed by atoms with Crippen molar-refractivity contribution in [3.63, 3.8) is 0 Å². The molecule has 1 aromatic carbocycles. The number of aromatic carboxylic acids is 2. The summed E-state index contributed by atoms with van der Waals surface area (Å²) in [4.78, 5) is 28.9. The first kappa shape index (κ1) is 18.4. The fourth-order valence-electron chi connectivity index (χ4n) is 3.85. The number of carbonyl (C=O) groups is 2. The monoisotopic (exact) mass is 382 g/mol. The highest BCUT2D eigenvalue weighted by Crippen LogP contribution is 2.29. The van der Waals surface area contributed by atoms with Gasteiger partial charge < -0.3 is 14.9 Å². The van der Waals surface area contributed by atoms with Crippen molar-refractivity contribution in [3.05, 3.63) is 52.7 Å². The highest BCUT2D eigenvalue weighted by Gasteiger charge is 2.26. The molecule has 2 aliphatic rings. The van der Waals surface area contributed by atoms with Gasteiger partial charge in [0, 0.05) is 25.2 Å². The summed E-state index contributed by atoms with van der Waals surface area (Å²) < 4.78 is 5.74. The Kier molecular flexibility index (Phi) is 5.00. The third kappa shape index (κ3) is 3.71. The summed E-state index contributed by atoms with van der Waals surface area (Å²) in [6.07, 6.45) is 5.90. The van der Waals surface area contributed by atoms with Gasteiger partial charge in [-0.1, -0.05) is 12.5 Å². The van der Waals surface area contributed by atoms with Crippen molar-refractivity contribution in [3.8, 4) is 11.6 Å². The van der Waals surface area contributed by atoms with Crippen LogP contribution in [-0.4, -0.2) is 51.2 Å². The standard InChI is InChI=1S/C21H22N2O5/c24-20(25)17-6-7-18(22-19(17)21(26)27)28-16-5-4-13-8-10-23(15-2-1-3-15)11-9-14(13)12-16/h4-7,12,15H,1-3,8-11H2,(H,24,25)(H,26,27). The van der Waals surface area contributed by atoms with E-state index in [9.17, 15) is 14.7 Å². The van der Waals surface area contributed by atoms with Crippen molar-refractivity contribution < 1.29 is 24.5 Å². The van der Waals surface area contributed by atoms with Crippen molar-refractivity contribution >= 4 is 11.9 Å². The molecular formula is C21H22N2O5. The van der Waals surface area contributed by atoms with Crippen LogP contribution in [0.15, 0.2) is 30.3 Å². The molecule has 0 amide bonds. The lowest BCUT2D eigenvalue weighted by atomic mass is 9.91. The molecule has 28 heavy (non-hydrogen) atoms. The first-order valence-electron chi connectivity index (χ1n) is 9.52. The number of aromatic nitrogens is 1. The minimum Gasteiger partial charge on any atom is -0.478 e. The number of ether oxygens (including phenoxy) is 1. The molecule has 1 aliphatic carbocycles. The Bertz CT molecular complexity index is 923.